The highest BCUT2D eigenvalue weighted by atomic mass is 13.9. The Morgan fingerprint density at radius 2 is 2.22 bits per heavy atom. The lowest BCUT2D eigenvalue weighted by Crippen LogP contribution is -1.72. The summed E-state index contributed by atoms with van der Waals surface area (Å²) in [5.41, 5.74) is 1.18. The van der Waals surface area contributed by atoms with Crippen LogP contribution in [0, 0.1) is 0 Å². The molecule has 0 heterocycles. The number of rotatable bonds is 4. The SMILES string of the molecule is C=CCCC(=C)C=CC. The minimum absolute atomic E-state index is 1.03. The number of hydrogen-bond donors (Lipinski definition) is 0. The maximum Gasteiger partial charge on any atom is -0.0250 e. The molecule has 0 fully saturated rings. The summed E-state index contributed by atoms with van der Waals surface area (Å²) < 4.78 is 0. The van der Waals surface area contributed by atoms with Crippen LogP contribution in [0.25, 0.3) is 0 Å². The van der Waals surface area contributed by atoms with Crippen LogP contribution in [0.1, 0.15) is 19.8 Å². The van der Waals surface area contributed by atoms with Gasteiger partial charge in [-0.3, -0.25) is 0 Å². The van der Waals surface area contributed by atoms with Gasteiger partial charge in [0.25, 0.3) is 0 Å². The molecule has 0 aromatic heterocycles. The molecule has 0 rings (SSSR count). The van der Waals surface area contributed by atoms with Crippen molar-refractivity contribution in [1.82, 2.24) is 0 Å². The van der Waals surface area contributed by atoms with E-state index in [-0.39, 0.29) is 0 Å². The van der Waals surface area contributed by atoms with Crippen molar-refractivity contribution in [2.45, 2.75) is 19.8 Å². The maximum absolute atomic E-state index is 3.85. The largest absolute Gasteiger partial charge is 0.103 e. The van der Waals surface area contributed by atoms with E-state index in [1.165, 1.54) is 5.57 Å². The smallest absolute Gasteiger partial charge is 0.0250 e. The fraction of sp³-hybridized carbons (Fsp3) is 0.333. The Labute approximate surface area is 57.6 Å². The van der Waals surface area contributed by atoms with Crippen LogP contribution in [-0.2, 0) is 0 Å². The van der Waals surface area contributed by atoms with Gasteiger partial charge in [0, 0.05) is 0 Å². The lowest BCUT2D eigenvalue weighted by molar-refractivity contribution is 1.01. The summed E-state index contributed by atoms with van der Waals surface area (Å²) in [5.74, 6) is 0. The molecule has 0 saturated heterocycles. The van der Waals surface area contributed by atoms with E-state index in [1.54, 1.807) is 0 Å². The van der Waals surface area contributed by atoms with Crippen molar-refractivity contribution in [3.63, 3.8) is 0 Å². The second-order valence-electron chi connectivity index (χ2n) is 1.99. The van der Waals surface area contributed by atoms with Crippen LogP contribution >= 0.6 is 0 Å². The van der Waals surface area contributed by atoms with Crippen molar-refractivity contribution in [1.29, 1.82) is 0 Å². The highest BCUT2D eigenvalue weighted by Crippen LogP contribution is 2.03. The molecule has 0 nitrogen and oxygen atoms in total. The van der Waals surface area contributed by atoms with Crippen LogP contribution in [0.3, 0.4) is 0 Å². The molecule has 9 heavy (non-hydrogen) atoms. The molecular weight excluding hydrogens is 108 g/mol. The van der Waals surface area contributed by atoms with Crippen LogP contribution in [0.4, 0.5) is 0 Å². The zero-order valence-corrected chi connectivity index (χ0v) is 6.06. The highest BCUT2D eigenvalue weighted by Gasteiger charge is 1.82. The van der Waals surface area contributed by atoms with Gasteiger partial charge in [-0.2, -0.15) is 0 Å². The highest BCUT2D eigenvalue weighted by molar-refractivity contribution is 5.13. The Morgan fingerprint density at radius 3 is 2.67 bits per heavy atom. The van der Waals surface area contributed by atoms with E-state index in [0.29, 0.717) is 0 Å². The van der Waals surface area contributed by atoms with Gasteiger partial charge in [0.15, 0.2) is 0 Å². The third kappa shape index (κ3) is 5.09. The summed E-state index contributed by atoms with van der Waals surface area (Å²) in [6.07, 6.45) is 8.01. The van der Waals surface area contributed by atoms with Gasteiger partial charge in [-0.05, 0) is 19.8 Å². The molecule has 0 unspecified atom stereocenters. The van der Waals surface area contributed by atoms with E-state index in [9.17, 15) is 0 Å². The van der Waals surface area contributed by atoms with Gasteiger partial charge in [-0.25, -0.2) is 0 Å². The molecule has 0 spiro atoms. The monoisotopic (exact) mass is 122 g/mol. The molecule has 0 N–H and O–H groups in total. The van der Waals surface area contributed by atoms with Crippen molar-refractivity contribution in [2.75, 3.05) is 0 Å². The standard InChI is InChI=1S/C9H14/c1-4-6-8-9(3)7-5-2/h4-5,7H,1,3,6,8H2,2H3. The van der Waals surface area contributed by atoms with Gasteiger partial charge in [0.1, 0.15) is 0 Å². The van der Waals surface area contributed by atoms with Crippen LogP contribution in [0.2, 0.25) is 0 Å². The lowest BCUT2D eigenvalue weighted by atomic mass is 10.1. The average molecular weight is 122 g/mol. The Kier molecular flexibility index (Phi) is 4.89. The normalized spacial score (nSPS) is 9.89. The predicted octanol–water partition coefficient (Wildman–Crippen LogP) is 3.08. The molecule has 0 heteroatoms. The van der Waals surface area contributed by atoms with E-state index in [2.05, 4.69) is 13.2 Å². The van der Waals surface area contributed by atoms with Crippen molar-refractivity contribution in [3.05, 3.63) is 37.0 Å². The van der Waals surface area contributed by atoms with E-state index < -0.39 is 0 Å². The van der Waals surface area contributed by atoms with Gasteiger partial charge < -0.3 is 0 Å². The molecule has 0 aliphatic heterocycles. The zero-order chi connectivity index (χ0) is 7.11. The van der Waals surface area contributed by atoms with Crippen LogP contribution in [0.15, 0.2) is 37.0 Å². The molecule has 0 bridgehead atoms. The minimum Gasteiger partial charge on any atom is -0.103 e. The Morgan fingerprint density at radius 1 is 1.56 bits per heavy atom. The zero-order valence-electron chi connectivity index (χ0n) is 6.06. The van der Waals surface area contributed by atoms with Gasteiger partial charge in [-0.1, -0.05) is 30.4 Å². The number of allylic oxidation sites excluding steroid dienone is 4. The van der Waals surface area contributed by atoms with Gasteiger partial charge in [0.2, 0.25) is 0 Å². The van der Waals surface area contributed by atoms with E-state index in [0.717, 1.165) is 12.8 Å². The van der Waals surface area contributed by atoms with Crippen LogP contribution in [-0.4, -0.2) is 0 Å². The second-order valence-corrected chi connectivity index (χ2v) is 1.99. The summed E-state index contributed by atoms with van der Waals surface area (Å²) in [6.45, 7) is 9.47. The number of hydrogen-bond acceptors (Lipinski definition) is 0. The molecule has 0 aliphatic carbocycles. The molecule has 0 aromatic carbocycles. The van der Waals surface area contributed by atoms with Crippen molar-refractivity contribution in [3.8, 4) is 0 Å². The third-order valence-corrected chi connectivity index (χ3v) is 1.07. The molecule has 0 saturated carbocycles. The molecule has 0 atom stereocenters. The first-order valence-corrected chi connectivity index (χ1v) is 3.22. The Hall–Kier alpha value is -0.780. The quantitative estimate of drug-likeness (QED) is 0.397. The molecule has 0 aromatic rings. The van der Waals surface area contributed by atoms with E-state index >= 15 is 0 Å². The molecule has 0 amide bonds. The first kappa shape index (κ1) is 8.22. The van der Waals surface area contributed by atoms with Crippen LogP contribution in [0.5, 0.6) is 0 Å². The molecular formula is C9H14. The molecule has 0 radical (unpaired) electrons. The Balaban J connectivity index is 3.38. The van der Waals surface area contributed by atoms with Crippen molar-refractivity contribution < 1.29 is 0 Å². The van der Waals surface area contributed by atoms with Gasteiger partial charge in [-0.15, -0.1) is 6.58 Å². The minimum atomic E-state index is 1.03. The van der Waals surface area contributed by atoms with Crippen molar-refractivity contribution >= 4 is 0 Å². The lowest BCUT2D eigenvalue weighted by Gasteiger charge is -1.92. The first-order chi connectivity index (χ1) is 4.31. The third-order valence-electron chi connectivity index (χ3n) is 1.07. The van der Waals surface area contributed by atoms with Gasteiger partial charge in [0.05, 0.1) is 0 Å². The summed E-state index contributed by atoms with van der Waals surface area (Å²) in [7, 11) is 0. The first-order valence-electron chi connectivity index (χ1n) is 3.22. The second kappa shape index (κ2) is 5.36. The fourth-order valence-electron chi connectivity index (χ4n) is 0.606. The van der Waals surface area contributed by atoms with E-state index in [4.69, 9.17) is 0 Å². The maximum atomic E-state index is 3.85. The summed E-state index contributed by atoms with van der Waals surface area (Å²) in [5, 5.41) is 0. The summed E-state index contributed by atoms with van der Waals surface area (Å²) >= 11 is 0. The van der Waals surface area contributed by atoms with Crippen molar-refractivity contribution in [2.24, 2.45) is 0 Å². The average Bonchev–Trinajstić information content (AvgIpc) is 1.85. The van der Waals surface area contributed by atoms with Gasteiger partial charge >= 0.3 is 0 Å². The van der Waals surface area contributed by atoms with Crippen LogP contribution < -0.4 is 0 Å². The Bertz CT molecular complexity index is 118. The summed E-state index contributed by atoms with van der Waals surface area (Å²) in [4.78, 5) is 0. The predicted molar refractivity (Wildman–Crippen MR) is 43.4 cm³/mol. The fourth-order valence-corrected chi connectivity index (χ4v) is 0.606. The molecule has 0 aliphatic rings. The topological polar surface area (TPSA) is 0 Å². The molecule has 50 valence electrons. The van der Waals surface area contributed by atoms with E-state index in [1.807, 2.05) is 25.2 Å². The summed E-state index contributed by atoms with van der Waals surface area (Å²) in [6, 6.07) is 0.